The first-order valence-electron chi connectivity index (χ1n) is 7.81. The summed E-state index contributed by atoms with van der Waals surface area (Å²) in [6.07, 6.45) is 4.79. The van der Waals surface area contributed by atoms with Crippen LogP contribution in [0.25, 0.3) is 10.9 Å². The first kappa shape index (κ1) is 14.8. The molecule has 1 heterocycles. The summed E-state index contributed by atoms with van der Waals surface area (Å²) >= 11 is 0. The van der Waals surface area contributed by atoms with E-state index >= 15 is 0 Å². The van der Waals surface area contributed by atoms with Crippen LogP contribution >= 0.6 is 0 Å². The van der Waals surface area contributed by atoms with Crippen LogP contribution in [0.3, 0.4) is 0 Å². The maximum Gasteiger partial charge on any atom is 0.0726 e. The fourth-order valence-corrected chi connectivity index (χ4v) is 2.54. The number of aromatic nitrogens is 1. The van der Waals surface area contributed by atoms with Gasteiger partial charge in [0.25, 0.3) is 0 Å². The van der Waals surface area contributed by atoms with Crippen molar-refractivity contribution in [1.82, 2.24) is 4.98 Å². The zero-order chi connectivity index (χ0) is 14.5. The molecule has 0 aliphatic heterocycles. The number of hydrogen-bond acceptors (Lipinski definition) is 2. The molecule has 0 aliphatic rings. The van der Waals surface area contributed by atoms with Gasteiger partial charge >= 0.3 is 0 Å². The molecule has 0 saturated heterocycles. The second kappa shape index (κ2) is 6.74. The predicted molar refractivity (Wildman–Crippen MR) is 88.6 cm³/mol. The predicted octanol–water partition coefficient (Wildman–Crippen LogP) is 5.02. The van der Waals surface area contributed by atoms with Crippen molar-refractivity contribution < 1.29 is 0 Å². The minimum Gasteiger partial charge on any atom is -0.384 e. The molecule has 1 N–H and O–H groups in total. The lowest BCUT2D eigenvalue weighted by atomic mass is 10.0. The summed E-state index contributed by atoms with van der Waals surface area (Å²) in [6.45, 7) is 9.71. The molecule has 0 bridgehead atoms. The standard InChI is InChI=1S/C18H26N2/c1-5-7-8-15-9-10-17-16(12-15)18(19-11-6-2)13(3)14(4)20-17/h9-10,12H,5-8,11H2,1-4H3,(H,19,20). The molecule has 0 unspecified atom stereocenters. The topological polar surface area (TPSA) is 24.9 Å². The van der Waals surface area contributed by atoms with Crippen molar-refractivity contribution in [2.45, 2.75) is 53.4 Å². The summed E-state index contributed by atoms with van der Waals surface area (Å²) in [5.74, 6) is 0. The molecule has 1 aromatic heterocycles. The summed E-state index contributed by atoms with van der Waals surface area (Å²) in [7, 11) is 0. The van der Waals surface area contributed by atoms with E-state index in [0.717, 1.165) is 30.6 Å². The van der Waals surface area contributed by atoms with Gasteiger partial charge in [-0.2, -0.15) is 0 Å². The van der Waals surface area contributed by atoms with Crippen molar-refractivity contribution in [3.05, 3.63) is 35.0 Å². The number of fused-ring (bicyclic) bond motifs is 1. The van der Waals surface area contributed by atoms with Gasteiger partial charge in [0, 0.05) is 23.3 Å². The zero-order valence-corrected chi connectivity index (χ0v) is 13.2. The van der Waals surface area contributed by atoms with Gasteiger partial charge in [-0.25, -0.2) is 0 Å². The molecular formula is C18H26N2. The van der Waals surface area contributed by atoms with E-state index in [1.807, 2.05) is 0 Å². The van der Waals surface area contributed by atoms with Crippen LogP contribution in [0.2, 0.25) is 0 Å². The molecule has 0 atom stereocenters. The highest BCUT2D eigenvalue weighted by Gasteiger charge is 2.09. The Labute approximate surface area is 122 Å². The molecule has 2 nitrogen and oxygen atoms in total. The molecule has 0 saturated carbocycles. The Hall–Kier alpha value is -1.57. The number of hydrogen-bond donors (Lipinski definition) is 1. The van der Waals surface area contributed by atoms with Crippen molar-refractivity contribution in [1.29, 1.82) is 0 Å². The summed E-state index contributed by atoms with van der Waals surface area (Å²) in [4.78, 5) is 4.73. The van der Waals surface area contributed by atoms with Gasteiger partial charge in [-0.05, 0) is 56.4 Å². The molecule has 0 aliphatic carbocycles. The van der Waals surface area contributed by atoms with Crippen LogP contribution in [0.15, 0.2) is 18.2 Å². The summed E-state index contributed by atoms with van der Waals surface area (Å²) in [5, 5.41) is 4.86. The van der Waals surface area contributed by atoms with E-state index in [1.54, 1.807) is 0 Å². The minimum atomic E-state index is 1.01. The van der Waals surface area contributed by atoms with Crippen molar-refractivity contribution in [2.24, 2.45) is 0 Å². The lowest BCUT2D eigenvalue weighted by Crippen LogP contribution is -2.05. The third-order valence-electron chi connectivity index (χ3n) is 3.91. The highest BCUT2D eigenvalue weighted by molar-refractivity contribution is 5.93. The van der Waals surface area contributed by atoms with Crippen molar-refractivity contribution in [3.63, 3.8) is 0 Å². The second-order valence-electron chi connectivity index (χ2n) is 5.58. The molecule has 20 heavy (non-hydrogen) atoms. The Morgan fingerprint density at radius 2 is 1.90 bits per heavy atom. The molecule has 0 amide bonds. The Kier molecular flexibility index (Phi) is 4.99. The van der Waals surface area contributed by atoms with Gasteiger partial charge < -0.3 is 5.32 Å². The van der Waals surface area contributed by atoms with Gasteiger partial charge in [-0.3, -0.25) is 4.98 Å². The smallest absolute Gasteiger partial charge is 0.0726 e. The SMILES string of the molecule is CCCCc1ccc2nc(C)c(C)c(NCCC)c2c1. The quantitative estimate of drug-likeness (QED) is 0.797. The number of anilines is 1. The van der Waals surface area contributed by atoms with Gasteiger partial charge in [0.1, 0.15) is 0 Å². The second-order valence-corrected chi connectivity index (χ2v) is 5.58. The van der Waals surface area contributed by atoms with E-state index in [1.165, 1.54) is 35.0 Å². The third-order valence-corrected chi connectivity index (χ3v) is 3.91. The molecule has 2 rings (SSSR count). The summed E-state index contributed by atoms with van der Waals surface area (Å²) in [5.41, 5.74) is 6.19. The number of benzene rings is 1. The highest BCUT2D eigenvalue weighted by Crippen LogP contribution is 2.29. The number of aryl methyl sites for hydroxylation is 2. The first-order chi connectivity index (χ1) is 9.67. The monoisotopic (exact) mass is 270 g/mol. The van der Waals surface area contributed by atoms with Crippen molar-refractivity contribution in [3.8, 4) is 0 Å². The van der Waals surface area contributed by atoms with Gasteiger partial charge in [0.05, 0.1) is 5.52 Å². The van der Waals surface area contributed by atoms with E-state index in [4.69, 9.17) is 4.98 Å². The summed E-state index contributed by atoms with van der Waals surface area (Å²) in [6, 6.07) is 6.72. The maximum atomic E-state index is 4.73. The third kappa shape index (κ3) is 3.12. The molecule has 2 heteroatoms. The number of unbranched alkanes of at least 4 members (excludes halogenated alkanes) is 1. The molecule has 0 fully saturated rings. The first-order valence-corrected chi connectivity index (χ1v) is 7.81. The van der Waals surface area contributed by atoms with Gasteiger partial charge in [0.2, 0.25) is 0 Å². The number of nitrogens with zero attached hydrogens (tertiary/aromatic N) is 1. The average molecular weight is 270 g/mol. The fourth-order valence-electron chi connectivity index (χ4n) is 2.54. The number of pyridine rings is 1. The zero-order valence-electron chi connectivity index (χ0n) is 13.2. The lowest BCUT2D eigenvalue weighted by Gasteiger charge is -2.15. The Bertz CT molecular complexity index is 587. The lowest BCUT2D eigenvalue weighted by molar-refractivity contribution is 0.796. The van der Waals surface area contributed by atoms with Crippen LogP contribution in [0.1, 0.15) is 49.9 Å². The van der Waals surface area contributed by atoms with Gasteiger partial charge in [-0.1, -0.05) is 26.3 Å². The summed E-state index contributed by atoms with van der Waals surface area (Å²) < 4.78 is 0. The Balaban J connectivity index is 2.49. The highest BCUT2D eigenvalue weighted by atomic mass is 14.9. The van der Waals surface area contributed by atoms with Crippen molar-refractivity contribution in [2.75, 3.05) is 11.9 Å². The molecule has 0 spiro atoms. The molecule has 0 radical (unpaired) electrons. The molecule has 1 aromatic carbocycles. The number of nitrogens with one attached hydrogen (secondary N) is 1. The average Bonchev–Trinajstić information content (AvgIpc) is 2.46. The Morgan fingerprint density at radius 3 is 2.60 bits per heavy atom. The van der Waals surface area contributed by atoms with E-state index < -0.39 is 0 Å². The Morgan fingerprint density at radius 1 is 1.10 bits per heavy atom. The van der Waals surface area contributed by atoms with E-state index in [2.05, 4.69) is 51.2 Å². The molecule has 108 valence electrons. The van der Waals surface area contributed by atoms with Crippen LogP contribution < -0.4 is 5.32 Å². The van der Waals surface area contributed by atoms with E-state index in [-0.39, 0.29) is 0 Å². The van der Waals surface area contributed by atoms with Crippen LogP contribution in [-0.2, 0) is 6.42 Å². The van der Waals surface area contributed by atoms with Crippen LogP contribution in [0.5, 0.6) is 0 Å². The molecule has 2 aromatic rings. The molecular weight excluding hydrogens is 244 g/mol. The number of rotatable bonds is 6. The van der Waals surface area contributed by atoms with E-state index in [0.29, 0.717) is 0 Å². The minimum absolute atomic E-state index is 1.01. The normalized spacial score (nSPS) is 11.0. The van der Waals surface area contributed by atoms with Crippen LogP contribution in [0, 0.1) is 13.8 Å². The van der Waals surface area contributed by atoms with Gasteiger partial charge in [-0.15, -0.1) is 0 Å². The van der Waals surface area contributed by atoms with Crippen LogP contribution in [0.4, 0.5) is 5.69 Å². The maximum absolute atomic E-state index is 4.73. The van der Waals surface area contributed by atoms with Crippen molar-refractivity contribution >= 4 is 16.6 Å². The largest absolute Gasteiger partial charge is 0.384 e. The van der Waals surface area contributed by atoms with Crippen LogP contribution in [-0.4, -0.2) is 11.5 Å². The van der Waals surface area contributed by atoms with Gasteiger partial charge in [0.15, 0.2) is 0 Å². The van der Waals surface area contributed by atoms with E-state index in [9.17, 15) is 0 Å². The fraction of sp³-hybridized carbons (Fsp3) is 0.500.